The van der Waals surface area contributed by atoms with Crippen molar-refractivity contribution in [2.75, 3.05) is 14.1 Å². The van der Waals surface area contributed by atoms with Gasteiger partial charge in [0, 0.05) is 23.0 Å². The van der Waals surface area contributed by atoms with Crippen LogP contribution in [-0.2, 0) is 0 Å². The predicted octanol–water partition coefficient (Wildman–Crippen LogP) is 2.42. The Morgan fingerprint density at radius 2 is 2.00 bits per heavy atom. The first kappa shape index (κ1) is 11.7. The van der Waals surface area contributed by atoms with Crippen LogP contribution in [-0.4, -0.2) is 25.0 Å². The van der Waals surface area contributed by atoms with Crippen molar-refractivity contribution in [3.63, 3.8) is 0 Å². The molecule has 0 saturated carbocycles. The first-order valence-corrected chi connectivity index (χ1v) is 5.52. The second-order valence-electron chi connectivity index (χ2n) is 2.96. The zero-order chi connectivity index (χ0) is 10.7. The van der Waals surface area contributed by atoms with Crippen molar-refractivity contribution in [2.24, 2.45) is 0 Å². The Balaban J connectivity index is 2.94. The molecule has 0 aliphatic rings. The number of hydrogen-bond acceptors (Lipinski definition) is 2. The summed E-state index contributed by atoms with van der Waals surface area (Å²) in [6.07, 6.45) is 0. The van der Waals surface area contributed by atoms with Crippen LogP contribution in [0.25, 0.3) is 0 Å². The third-order valence-corrected chi connectivity index (χ3v) is 2.68. The van der Waals surface area contributed by atoms with Gasteiger partial charge in [-0.15, -0.1) is 0 Å². The molecule has 0 bridgehead atoms. The Kier molecular flexibility index (Phi) is 4.10. The van der Waals surface area contributed by atoms with E-state index in [4.69, 9.17) is 0 Å². The SMILES string of the molecule is CN(C)NC(=O)c1cc(Br)ccc1Br. The minimum Gasteiger partial charge on any atom is -0.285 e. The number of nitrogens with one attached hydrogen (secondary N) is 1. The highest BCUT2D eigenvalue weighted by molar-refractivity contribution is 9.11. The molecule has 1 rings (SSSR count). The van der Waals surface area contributed by atoms with Crippen LogP contribution in [0.1, 0.15) is 10.4 Å². The number of benzene rings is 1. The number of rotatable bonds is 2. The average Bonchev–Trinajstić information content (AvgIpc) is 2.08. The lowest BCUT2D eigenvalue weighted by Gasteiger charge is -2.12. The van der Waals surface area contributed by atoms with Gasteiger partial charge in [0.2, 0.25) is 0 Å². The van der Waals surface area contributed by atoms with Gasteiger partial charge in [0.05, 0.1) is 5.56 Å². The van der Waals surface area contributed by atoms with Gasteiger partial charge in [0.25, 0.3) is 5.91 Å². The number of hydrazine groups is 1. The smallest absolute Gasteiger partial charge is 0.266 e. The fraction of sp³-hybridized carbons (Fsp3) is 0.222. The van der Waals surface area contributed by atoms with E-state index in [0.29, 0.717) is 5.56 Å². The summed E-state index contributed by atoms with van der Waals surface area (Å²) in [5.41, 5.74) is 3.28. The molecule has 3 nitrogen and oxygen atoms in total. The van der Waals surface area contributed by atoms with Gasteiger partial charge in [-0.3, -0.25) is 10.2 Å². The van der Waals surface area contributed by atoms with E-state index < -0.39 is 0 Å². The van der Waals surface area contributed by atoms with Crippen molar-refractivity contribution < 1.29 is 4.79 Å². The molecule has 76 valence electrons. The van der Waals surface area contributed by atoms with E-state index in [-0.39, 0.29) is 5.91 Å². The first-order valence-electron chi connectivity index (χ1n) is 3.94. The average molecular weight is 322 g/mol. The van der Waals surface area contributed by atoms with Gasteiger partial charge in [0.1, 0.15) is 0 Å². The lowest BCUT2D eigenvalue weighted by Crippen LogP contribution is -2.36. The van der Waals surface area contributed by atoms with Gasteiger partial charge in [-0.05, 0) is 34.1 Å². The van der Waals surface area contributed by atoms with E-state index in [0.717, 1.165) is 8.95 Å². The first-order chi connectivity index (χ1) is 6.50. The summed E-state index contributed by atoms with van der Waals surface area (Å²) in [5, 5.41) is 1.61. The van der Waals surface area contributed by atoms with E-state index in [1.165, 1.54) is 0 Å². The van der Waals surface area contributed by atoms with Gasteiger partial charge >= 0.3 is 0 Å². The van der Waals surface area contributed by atoms with Crippen LogP contribution in [0.5, 0.6) is 0 Å². The monoisotopic (exact) mass is 320 g/mol. The Labute approximate surface area is 99.7 Å². The Morgan fingerprint density at radius 3 is 2.57 bits per heavy atom. The molecule has 1 aromatic carbocycles. The van der Waals surface area contributed by atoms with E-state index in [1.54, 1.807) is 25.2 Å². The lowest BCUT2D eigenvalue weighted by atomic mass is 10.2. The van der Waals surface area contributed by atoms with Crippen molar-refractivity contribution in [3.05, 3.63) is 32.7 Å². The molecule has 0 aliphatic heterocycles. The van der Waals surface area contributed by atoms with Crippen molar-refractivity contribution in [2.45, 2.75) is 0 Å². The minimum atomic E-state index is -0.136. The molecule has 0 radical (unpaired) electrons. The Morgan fingerprint density at radius 1 is 1.36 bits per heavy atom. The molecular weight excluding hydrogens is 312 g/mol. The fourth-order valence-corrected chi connectivity index (χ4v) is 1.72. The molecule has 1 aromatic rings. The van der Waals surface area contributed by atoms with Crippen LogP contribution >= 0.6 is 31.9 Å². The third-order valence-electron chi connectivity index (χ3n) is 1.50. The second kappa shape index (κ2) is 4.91. The second-order valence-corrected chi connectivity index (χ2v) is 4.73. The molecule has 0 aliphatic carbocycles. The number of nitrogens with zero attached hydrogens (tertiary/aromatic N) is 1. The molecule has 14 heavy (non-hydrogen) atoms. The molecule has 0 unspecified atom stereocenters. The van der Waals surface area contributed by atoms with Crippen LogP contribution < -0.4 is 5.43 Å². The highest BCUT2D eigenvalue weighted by atomic mass is 79.9. The normalized spacial score (nSPS) is 10.4. The summed E-state index contributed by atoms with van der Waals surface area (Å²) in [6.45, 7) is 0. The summed E-state index contributed by atoms with van der Waals surface area (Å²) in [6, 6.07) is 5.47. The molecule has 1 N–H and O–H groups in total. The standard InChI is InChI=1S/C9H10Br2N2O/c1-13(2)12-9(14)7-5-6(10)3-4-8(7)11/h3-5H,1-2H3,(H,12,14). The summed E-state index contributed by atoms with van der Waals surface area (Å²) < 4.78 is 1.66. The third kappa shape index (κ3) is 3.08. The Bertz CT molecular complexity index is 353. The summed E-state index contributed by atoms with van der Waals surface area (Å²) in [4.78, 5) is 11.6. The van der Waals surface area contributed by atoms with Gasteiger partial charge in [-0.1, -0.05) is 15.9 Å². The molecule has 0 saturated heterocycles. The van der Waals surface area contributed by atoms with Crippen molar-refractivity contribution in [1.82, 2.24) is 10.4 Å². The highest BCUT2D eigenvalue weighted by Gasteiger charge is 2.10. The zero-order valence-corrected chi connectivity index (χ0v) is 11.0. The van der Waals surface area contributed by atoms with Crippen molar-refractivity contribution in [3.8, 4) is 0 Å². The molecule has 0 atom stereocenters. The van der Waals surface area contributed by atoms with Crippen LogP contribution in [0.15, 0.2) is 27.1 Å². The van der Waals surface area contributed by atoms with Crippen LogP contribution in [0.3, 0.4) is 0 Å². The minimum absolute atomic E-state index is 0.136. The lowest BCUT2D eigenvalue weighted by molar-refractivity contribution is 0.0856. The molecule has 0 aromatic heterocycles. The largest absolute Gasteiger partial charge is 0.285 e. The maximum atomic E-state index is 11.6. The van der Waals surface area contributed by atoms with Gasteiger partial charge in [0.15, 0.2) is 0 Å². The fourth-order valence-electron chi connectivity index (χ4n) is 0.935. The number of halogens is 2. The van der Waals surface area contributed by atoms with Crippen LogP contribution in [0.2, 0.25) is 0 Å². The van der Waals surface area contributed by atoms with Crippen molar-refractivity contribution in [1.29, 1.82) is 0 Å². The molecule has 0 spiro atoms. The van der Waals surface area contributed by atoms with E-state index in [2.05, 4.69) is 37.3 Å². The molecule has 0 fully saturated rings. The topological polar surface area (TPSA) is 32.3 Å². The van der Waals surface area contributed by atoms with E-state index in [9.17, 15) is 4.79 Å². The maximum Gasteiger partial charge on any atom is 0.266 e. The highest BCUT2D eigenvalue weighted by Crippen LogP contribution is 2.21. The molecule has 5 heteroatoms. The summed E-state index contributed by atoms with van der Waals surface area (Å²) in [7, 11) is 3.54. The van der Waals surface area contributed by atoms with Crippen LogP contribution in [0, 0.1) is 0 Å². The van der Waals surface area contributed by atoms with E-state index in [1.807, 2.05) is 12.1 Å². The summed E-state index contributed by atoms with van der Waals surface area (Å²) in [5.74, 6) is -0.136. The zero-order valence-electron chi connectivity index (χ0n) is 7.84. The Hall–Kier alpha value is -0.390. The van der Waals surface area contributed by atoms with Crippen molar-refractivity contribution >= 4 is 37.8 Å². The number of hydrogen-bond donors (Lipinski definition) is 1. The molecule has 0 heterocycles. The van der Waals surface area contributed by atoms with E-state index >= 15 is 0 Å². The summed E-state index contributed by atoms with van der Waals surface area (Å²) >= 11 is 6.64. The molecular formula is C9H10Br2N2O. The number of carbonyl (C=O) groups excluding carboxylic acids is 1. The predicted molar refractivity (Wildman–Crippen MR) is 63.0 cm³/mol. The molecule has 1 amide bonds. The maximum absolute atomic E-state index is 11.6. The quantitative estimate of drug-likeness (QED) is 0.848. The van der Waals surface area contributed by atoms with Gasteiger partial charge < -0.3 is 0 Å². The van der Waals surface area contributed by atoms with Gasteiger partial charge in [-0.2, -0.15) is 0 Å². The number of amides is 1. The number of carbonyl (C=O) groups is 1. The van der Waals surface area contributed by atoms with Crippen LogP contribution in [0.4, 0.5) is 0 Å². The van der Waals surface area contributed by atoms with Gasteiger partial charge in [-0.25, -0.2) is 5.01 Å².